The standard InChI is InChI=1S/C7H10O2S2/c1-5-4-10-6(2)7(5)11(8)9-3/h4H,1-3H3. The Morgan fingerprint density at radius 1 is 1.55 bits per heavy atom. The van der Waals surface area contributed by atoms with Crippen molar-refractivity contribution in [2.75, 3.05) is 7.11 Å². The molecule has 11 heavy (non-hydrogen) atoms. The highest BCUT2D eigenvalue weighted by atomic mass is 32.2. The van der Waals surface area contributed by atoms with Gasteiger partial charge in [-0.15, -0.1) is 11.3 Å². The largest absolute Gasteiger partial charge is 0.290 e. The van der Waals surface area contributed by atoms with E-state index in [2.05, 4.69) is 0 Å². The van der Waals surface area contributed by atoms with E-state index in [9.17, 15) is 4.21 Å². The molecule has 0 fully saturated rings. The average Bonchev–Trinajstić information content (AvgIpc) is 2.30. The molecule has 4 heteroatoms. The van der Waals surface area contributed by atoms with Gasteiger partial charge in [0.2, 0.25) is 0 Å². The predicted octanol–water partition coefficient (Wildman–Crippen LogP) is 2.03. The predicted molar refractivity (Wildman–Crippen MR) is 47.2 cm³/mol. The molecule has 1 heterocycles. The highest BCUT2D eigenvalue weighted by Crippen LogP contribution is 2.24. The van der Waals surface area contributed by atoms with Crippen LogP contribution in [-0.2, 0) is 15.3 Å². The van der Waals surface area contributed by atoms with Crippen LogP contribution >= 0.6 is 11.3 Å². The first-order chi connectivity index (χ1) is 5.16. The maximum Gasteiger partial charge on any atom is 0.190 e. The van der Waals surface area contributed by atoms with Gasteiger partial charge < -0.3 is 0 Å². The summed E-state index contributed by atoms with van der Waals surface area (Å²) in [5.41, 5.74) is 1.05. The van der Waals surface area contributed by atoms with Gasteiger partial charge in [-0.25, -0.2) is 4.21 Å². The van der Waals surface area contributed by atoms with Crippen LogP contribution in [0.5, 0.6) is 0 Å². The van der Waals surface area contributed by atoms with E-state index in [0.29, 0.717) is 0 Å². The van der Waals surface area contributed by atoms with Crippen LogP contribution in [0.2, 0.25) is 0 Å². The summed E-state index contributed by atoms with van der Waals surface area (Å²) >= 11 is 0.330. The number of hydrogen-bond acceptors (Lipinski definition) is 3. The maximum atomic E-state index is 11.2. The van der Waals surface area contributed by atoms with Crippen molar-refractivity contribution in [1.82, 2.24) is 0 Å². The molecule has 0 radical (unpaired) electrons. The van der Waals surface area contributed by atoms with Crippen LogP contribution in [0.3, 0.4) is 0 Å². The second-order valence-corrected chi connectivity index (χ2v) is 4.50. The summed E-state index contributed by atoms with van der Waals surface area (Å²) in [6.07, 6.45) is 0. The fraction of sp³-hybridized carbons (Fsp3) is 0.429. The fourth-order valence-electron chi connectivity index (χ4n) is 0.894. The summed E-state index contributed by atoms with van der Waals surface area (Å²) in [5, 5.41) is 1.99. The number of thiophene rings is 1. The average molecular weight is 190 g/mol. The minimum atomic E-state index is -1.27. The van der Waals surface area contributed by atoms with Gasteiger partial charge in [-0.2, -0.15) is 0 Å². The molecule has 0 bridgehead atoms. The molecular weight excluding hydrogens is 180 g/mol. The van der Waals surface area contributed by atoms with Crippen molar-refractivity contribution < 1.29 is 8.39 Å². The smallest absolute Gasteiger partial charge is 0.190 e. The van der Waals surface area contributed by atoms with E-state index < -0.39 is 11.1 Å². The molecule has 0 N–H and O–H groups in total. The summed E-state index contributed by atoms with van der Waals surface area (Å²) in [6, 6.07) is 0. The lowest BCUT2D eigenvalue weighted by Gasteiger charge is -1.97. The summed E-state index contributed by atoms with van der Waals surface area (Å²) in [7, 11) is 1.45. The van der Waals surface area contributed by atoms with Gasteiger partial charge in [-0.1, -0.05) is 0 Å². The normalized spacial score (nSPS) is 13.4. The van der Waals surface area contributed by atoms with Crippen LogP contribution in [0.15, 0.2) is 10.3 Å². The van der Waals surface area contributed by atoms with Crippen LogP contribution in [0, 0.1) is 13.8 Å². The van der Waals surface area contributed by atoms with Crippen molar-refractivity contribution >= 4 is 22.4 Å². The van der Waals surface area contributed by atoms with Crippen LogP contribution < -0.4 is 0 Å². The zero-order valence-corrected chi connectivity index (χ0v) is 8.34. The quantitative estimate of drug-likeness (QED) is 0.713. The van der Waals surface area contributed by atoms with Gasteiger partial charge in [0.25, 0.3) is 0 Å². The third-order valence-electron chi connectivity index (χ3n) is 1.41. The number of aryl methyl sites for hydroxylation is 2. The van der Waals surface area contributed by atoms with Crippen molar-refractivity contribution in [2.45, 2.75) is 18.7 Å². The van der Waals surface area contributed by atoms with Crippen LogP contribution in [0.1, 0.15) is 10.4 Å². The lowest BCUT2D eigenvalue weighted by Crippen LogP contribution is -1.94. The molecule has 0 aliphatic rings. The maximum absolute atomic E-state index is 11.2. The van der Waals surface area contributed by atoms with E-state index in [1.54, 1.807) is 11.3 Å². The molecule has 2 nitrogen and oxygen atoms in total. The number of rotatable bonds is 2. The Bertz CT molecular complexity index is 258. The summed E-state index contributed by atoms with van der Waals surface area (Å²) in [6.45, 7) is 3.89. The third kappa shape index (κ3) is 1.69. The topological polar surface area (TPSA) is 26.3 Å². The van der Waals surface area contributed by atoms with E-state index >= 15 is 0 Å². The van der Waals surface area contributed by atoms with Crippen molar-refractivity contribution in [3.05, 3.63) is 15.8 Å². The molecule has 0 aliphatic heterocycles. The van der Waals surface area contributed by atoms with Gasteiger partial charge in [0, 0.05) is 4.88 Å². The van der Waals surface area contributed by atoms with E-state index in [0.717, 1.165) is 15.3 Å². The second-order valence-electron chi connectivity index (χ2n) is 2.21. The van der Waals surface area contributed by atoms with Crippen molar-refractivity contribution in [3.63, 3.8) is 0 Å². The molecule has 0 saturated heterocycles. The molecule has 0 spiro atoms. The Morgan fingerprint density at radius 3 is 2.55 bits per heavy atom. The first kappa shape index (κ1) is 8.90. The summed E-state index contributed by atoms with van der Waals surface area (Å²) in [4.78, 5) is 1.90. The number of hydrogen-bond donors (Lipinski definition) is 0. The molecule has 0 saturated carbocycles. The molecule has 1 rings (SSSR count). The van der Waals surface area contributed by atoms with E-state index in [-0.39, 0.29) is 0 Å². The molecule has 1 aromatic heterocycles. The molecule has 0 amide bonds. The van der Waals surface area contributed by atoms with Gasteiger partial charge in [-0.05, 0) is 24.8 Å². The van der Waals surface area contributed by atoms with Gasteiger partial charge in [0.05, 0.1) is 12.0 Å². The highest BCUT2D eigenvalue weighted by molar-refractivity contribution is 7.80. The zero-order valence-electron chi connectivity index (χ0n) is 6.71. The molecule has 0 aromatic carbocycles. The zero-order chi connectivity index (χ0) is 8.43. The highest BCUT2D eigenvalue weighted by Gasteiger charge is 2.11. The second kappa shape index (κ2) is 3.47. The van der Waals surface area contributed by atoms with E-state index in [1.165, 1.54) is 7.11 Å². The van der Waals surface area contributed by atoms with Crippen LogP contribution in [0.25, 0.3) is 0 Å². The van der Waals surface area contributed by atoms with Crippen molar-refractivity contribution in [3.8, 4) is 0 Å². The molecule has 1 aromatic rings. The summed E-state index contributed by atoms with van der Waals surface area (Å²) < 4.78 is 15.9. The minimum absolute atomic E-state index is 0.831. The Balaban J connectivity index is 3.10. The first-order valence-electron chi connectivity index (χ1n) is 3.17. The first-order valence-corrected chi connectivity index (χ1v) is 5.13. The fourth-order valence-corrected chi connectivity index (χ4v) is 2.78. The van der Waals surface area contributed by atoms with Crippen molar-refractivity contribution in [1.29, 1.82) is 0 Å². The molecule has 0 aliphatic carbocycles. The Hall–Kier alpha value is -0.190. The Labute approximate surface area is 72.9 Å². The molecule has 62 valence electrons. The van der Waals surface area contributed by atoms with Crippen LogP contribution in [0.4, 0.5) is 0 Å². The van der Waals surface area contributed by atoms with Gasteiger partial charge in [0.15, 0.2) is 11.1 Å². The Morgan fingerprint density at radius 2 is 2.18 bits per heavy atom. The summed E-state index contributed by atoms with van der Waals surface area (Å²) in [5.74, 6) is 0. The lowest BCUT2D eigenvalue weighted by atomic mass is 10.3. The van der Waals surface area contributed by atoms with E-state index in [1.807, 2.05) is 19.2 Å². The SMILES string of the molecule is COS(=O)c1c(C)csc1C. The van der Waals surface area contributed by atoms with Crippen molar-refractivity contribution in [2.24, 2.45) is 0 Å². The third-order valence-corrected chi connectivity index (χ3v) is 3.83. The molecular formula is C7H10O2S2. The lowest BCUT2D eigenvalue weighted by molar-refractivity contribution is 0.445. The van der Waals surface area contributed by atoms with Crippen LogP contribution in [-0.4, -0.2) is 11.3 Å². The molecule has 1 atom stereocenters. The van der Waals surface area contributed by atoms with Gasteiger partial charge >= 0.3 is 0 Å². The van der Waals surface area contributed by atoms with E-state index in [4.69, 9.17) is 4.18 Å². The van der Waals surface area contributed by atoms with Gasteiger partial charge in [0.1, 0.15) is 0 Å². The van der Waals surface area contributed by atoms with Gasteiger partial charge in [-0.3, -0.25) is 4.18 Å². The minimum Gasteiger partial charge on any atom is -0.290 e. The Kier molecular flexibility index (Phi) is 2.81. The molecule has 1 unspecified atom stereocenters. The monoisotopic (exact) mass is 190 g/mol.